The highest BCUT2D eigenvalue weighted by atomic mass is 14.9. The Morgan fingerprint density at radius 1 is 1.55 bits per heavy atom. The molecule has 0 aliphatic heterocycles. The molecular formula is C10H19N. The van der Waals surface area contributed by atoms with Crippen LogP contribution in [-0.4, -0.2) is 13.1 Å². The van der Waals surface area contributed by atoms with Crippen molar-refractivity contribution in [3.8, 4) is 0 Å². The van der Waals surface area contributed by atoms with E-state index in [0.29, 0.717) is 5.41 Å². The molecule has 1 fully saturated rings. The molecule has 1 heteroatoms. The van der Waals surface area contributed by atoms with Gasteiger partial charge in [0.25, 0.3) is 0 Å². The SMILES string of the molecule is C=CCCNCC1(CC)CC1. The molecule has 0 radical (unpaired) electrons. The second-order valence-electron chi connectivity index (χ2n) is 3.61. The molecule has 0 aromatic carbocycles. The summed E-state index contributed by atoms with van der Waals surface area (Å²) in [5.41, 5.74) is 0.696. The monoisotopic (exact) mass is 153 g/mol. The molecule has 1 aliphatic rings. The minimum absolute atomic E-state index is 0.696. The fourth-order valence-corrected chi connectivity index (χ4v) is 1.39. The van der Waals surface area contributed by atoms with Gasteiger partial charge in [-0.3, -0.25) is 0 Å². The Kier molecular flexibility index (Phi) is 3.13. The molecule has 1 aliphatic carbocycles. The smallest absolute Gasteiger partial charge is 0.000784 e. The average Bonchev–Trinajstić information content (AvgIpc) is 2.80. The molecule has 0 amide bonds. The zero-order chi connectivity index (χ0) is 8.16. The van der Waals surface area contributed by atoms with Gasteiger partial charge in [-0.2, -0.15) is 0 Å². The maximum Gasteiger partial charge on any atom is 0.000784 e. The van der Waals surface area contributed by atoms with Crippen LogP contribution in [0.25, 0.3) is 0 Å². The summed E-state index contributed by atoms with van der Waals surface area (Å²) >= 11 is 0. The van der Waals surface area contributed by atoms with E-state index in [1.807, 2.05) is 6.08 Å². The highest BCUT2D eigenvalue weighted by Crippen LogP contribution is 2.47. The summed E-state index contributed by atoms with van der Waals surface area (Å²) in [6.07, 6.45) is 7.28. The molecule has 64 valence electrons. The number of rotatable bonds is 6. The van der Waals surface area contributed by atoms with E-state index in [-0.39, 0.29) is 0 Å². The van der Waals surface area contributed by atoms with Gasteiger partial charge in [0.15, 0.2) is 0 Å². The fraction of sp³-hybridized carbons (Fsp3) is 0.800. The number of hydrogen-bond acceptors (Lipinski definition) is 1. The maximum absolute atomic E-state index is 3.69. The normalized spacial score (nSPS) is 19.7. The van der Waals surface area contributed by atoms with E-state index in [4.69, 9.17) is 0 Å². The lowest BCUT2D eigenvalue weighted by molar-refractivity contribution is 0.447. The molecule has 0 heterocycles. The summed E-state index contributed by atoms with van der Waals surface area (Å²) < 4.78 is 0. The van der Waals surface area contributed by atoms with Gasteiger partial charge in [-0.05, 0) is 37.6 Å². The zero-order valence-corrected chi connectivity index (χ0v) is 7.53. The van der Waals surface area contributed by atoms with Gasteiger partial charge in [0.1, 0.15) is 0 Å². The summed E-state index contributed by atoms with van der Waals surface area (Å²) in [4.78, 5) is 0. The first-order chi connectivity index (χ1) is 5.33. The van der Waals surface area contributed by atoms with Crippen molar-refractivity contribution in [2.75, 3.05) is 13.1 Å². The van der Waals surface area contributed by atoms with Crippen molar-refractivity contribution in [1.82, 2.24) is 5.32 Å². The zero-order valence-electron chi connectivity index (χ0n) is 7.53. The third-order valence-electron chi connectivity index (χ3n) is 2.73. The molecule has 1 saturated carbocycles. The summed E-state index contributed by atoms with van der Waals surface area (Å²) in [6, 6.07) is 0. The van der Waals surface area contributed by atoms with Crippen LogP contribution in [0.2, 0.25) is 0 Å². The quantitative estimate of drug-likeness (QED) is 0.456. The molecule has 0 saturated heterocycles. The lowest BCUT2D eigenvalue weighted by atomic mass is 10.0. The van der Waals surface area contributed by atoms with Crippen LogP contribution < -0.4 is 5.32 Å². The van der Waals surface area contributed by atoms with Gasteiger partial charge in [0, 0.05) is 6.54 Å². The molecule has 0 aromatic rings. The summed E-state index contributed by atoms with van der Waals surface area (Å²) in [6.45, 7) is 8.31. The first-order valence-corrected chi connectivity index (χ1v) is 4.64. The van der Waals surface area contributed by atoms with E-state index >= 15 is 0 Å². The third-order valence-corrected chi connectivity index (χ3v) is 2.73. The average molecular weight is 153 g/mol. The van der Waals surface area contributed by atoms with Crippen LogP contribution in [0, 0.1) is 5.41 Å². The van der Waals surface area contributed by atoms with Gasteiger partial charge < -0.3 is 5.32 Å². The molecule has 1 nitrogen and oxygen atoms in total. The number of nitrogens with one attached hydrogen (secondary N) is 1. The predicted octanol–water partition coefficient (Wildman–Crippen LogP) is 2.34. The van der Waals surface area contributed by atoms with Gasteiger partial charge in [-0.15, -0.1) is 6.58 Å². The molecule has 1 rings (SSSR count). The lowest BCUT2D eigenvalue weighted by Crippen LogP contribution is -2.24. The highest BCUT2D eigenvalue weighted by molar-refractivity contribution is 4.93. The van der Waals surface area contributed by atoms with E-state index in [2.05, 4.69) is 18.8 Å². The Morgan fingerprint density at radius 3 is 2.73 bits per heavy atom. The molecule has 0 spiro atoms. The van der Waals surface area contributed by atoms with E-state index < -0.39 is 0 Å². The van der Waals surface area contributed by atoms with Crippen molar-refractivity contribution in [2.45, 2.75) is 32.6 Å². The van der Waals surface area contributed by atoms with Crippen LogP contribution in [0.4, 0.5) is 0 Å². The van der Waals surface area contributed by atoms with Crippen LogP contribution in [0.5, 0.6) is 0 Å². The minimum Gasteiger partial charge on any atom is -0.316 e. The van der Waals surface area contributed by atoms with Gasteiger partial charge in [0.2, 0.25) is 0 Å². The lowest BCUT2D eigenvalue weighted by Gasteiger charge is -2.12. The summed E-state index contributed by atoms with van der Waals surface area (Å²) in [5, 5.41) is 3.47. The Bertz CT molecular complexity index is 125. The van der Waals surface area contributed by atoms with Crippen molar-refractivity contribution in [1.29, 1.82) is 0 Å². The van der Waals surface area contributed by atoms with Crippen LogP contribution in [-0.2, 0) is 0 Å². The highest BCUT2D eigenvalue weighted by Gasteiger charge is 2.39. The fourth-order valence-electron chi connectivity index (χ4n) is 1.39. The van der Waals surface area contributed by atoms with Crippen LogP contribution in [0.15, 0.2) is 12.7 Å². The predicted molar refractivity (Wildman–Crippen MR) is 49.6 cm³/mol. The van der Waals surface area contributed by atoms with E-state index in [0.717, 1.165) is 13.0 Å². The van der Waals surface area contributed by atoms with E-state index in [1.165, 1.54) is 25.8 Å². The van der Waals surface area contributed by atoms with Crippen molar-refractivity contribution >= 4 is 0 Å². The van der Waals surface area contributed by atoms with Crippen LogP contribution in [0.1, 0.15) is 32.6 Å². The maximum atomic E-state index is 3.69. The Hall–Kier alpha value is -0.300. The molecule has 0 atom stereocenters. The second kappa shape index (κ2) is 3.91. The van der Waals surface area contributed by atoms with Crippen molar-refractivity contribution in [2.24, 2.45) is 5.41 Å². The molecule has 11 heavy (non-hydrogen) atoms. The molecule has 0 unspecified atom stereocenters. The number of hydrogen-bond donors (Lipinski definition) is 1. The largest absolute Gasteiger partial charge is 0.316 e. The van der Waals surface area contributed by atoms with Crippen molar-refractivity contribution in [3.63, 3.8) is 0 Å². The van der Waals surface area contributed by atoms with Crippen molar-refractivity contribution < 1.29 is 0 Å². The minimum atomic E-state index is 0.696. The first-order valence-electron chi connectivity index (χ1n) is 4.64. The summed E-state index contributed by atoms with van der Waals surface area (Å²) in [7, 11) is 0. The Balaban J connectivity index is 1.98. The van der Waals surface area contributed by atoms with Gasteiger partial charge >= 0.3 is 0 Å². The van der Waals surface area contributed by atoms with Crippen molar-refractivity contribution in [3.05, 3.63) is 12.7 Å². The van der Waals surface area contributed by atoms with Gasteiger partial charge in [-0.1, -0.05) is 13.0 Å². The molecule has 1 N–H and O–H groups in total. The van der Waals surface area contributed by atoms with Crippen LogP contribution in [0.3, 0.4) is 0 Å². The van der Waals surface area contributed by atoms with E-state index in [1.54, 1.807) is 0 Å². The summed E-state index contributed by atoms with van der Waals surface area (Å²) in [5.74, 6) is 0. The molecule has 0 aromatic heterocycles. The van der Waals surface area contributed by atoms with E-state index in [9.17, 15) is 0 Å². The Labute approximate surface area is 69.9 Å². The Morgan fingerprint density at radius 2 is 2.27 bits per heavy atom. The third kappa shape index (κ3) is 2.66. The van der Waals surface area contributed by atoms with Gasteiger partial charge in [0.05, 0.1) is 0 Å². The van der Waals surface area contributed by atoms with Crippen LogP contribution >= 0.6 is 0 Å². The first kappa shape index (κ1) is 8.79. The standard InChI is InChI=1S/C10H19N/c1-3-5-8-11-9-10(4-2)6-7-10/h3,11H,1,4-9H2,2H3. The topological polar surface area (TPSA) is 12.0 Å². The molecular weight excluding hydrogens is 134 g/mol. The second-order valence-corrected chi connectivity index (χ2v) is 3.61. The molecule has 0 bridgehead atoms. The van der Waals surface area contributed by atoms with Gasteiger partial charge in [-0.25, -0.2) is 0 Å².